The zero-order valence-electron chi connectivity index (χ0n) is 23.8. The summed E-state index contributed by atoms with van der Waals surface area (Å²) in [6.07, 6.45) is 0. The lowest BCUT2D eigenvalue weighted by molar-refractivity contribution is -0.144. The number of carbonyl (C=O) groups excluding carboxylic acids is 2. The number of esters is 2. The van der Waals surface area contributed by atoms with Gasteiger partial charge in [0.1, 0.15) is 21.4 Å². The first kappa shape index (κ1) is 30.1. The smallest absolute Gasteiger partial charge is 0.350 e. The van der Waals surface area contributed by atoms with Crippen LogP contribution in [0.25, 0.3) is 10.6 Å². The van der Waals surface area contributed by atoms with E-state index in [9.17, 15) is 9.59 Å². The van der Waals surface area contributed by atoms with E-state index in [1.165, 1.54) is 16.9 Å². The normalized spacial score (nSPS) is 11.4. The summed E-state index contributed by atoms with van der Waals surface area (Å²) in [6.45, 7) is 11.2. The van der Waals surface area contributed by atoms with Gasteiger partial charge in [-0.1, -0.05) is 51.1 Å². The summed E-state index contributed by atoms with van der Waals surface area (Å²) < 4.78 is 21.5. The molecule has 1 aromatic heterocycles. The first-order valence-corrected chi connectivity index (χ1v) is 13.8. The molecule has 8 nitrogen and oxygen atoms in total. The lowest BCUT2D eigenvalue weighted by atomic mass is 9.87. The van der Waals surface area contributed by atoms with Crippen LogP contribution in [-0.4, -0.2) is 55.8 Å². The molecule has 39 heavy (non-hydrogen) atoms. The molecule has 0 amide bonds. The fourth-order valence-corrected chi connectivity index (χ4v) is 5.02. The van der Waals surface area contributed by atoms with E-state index in [0.717, 1.165) is 11.1 Å². The second-order valence-corrected chi connectivity index (χ2v) is 11.0. The minimum Gasteiger partial charge on any atom is -0.497 e. The lowest BCUT2D eigenvalue weighted by Gasteiger charge is -2.22. The van der Waals surface area contributed by atoms with Crippen LogP contribution < -0.4 is 9.47 Å². The third-order valence-corrected chi connectivity index (χ3v) is 7.20. The van der Waals surface area contributed by atoms with Crippen LogP contribution in [0.5, 0.6) is 11.5 Å². The van der Waals surface area contributed by atoms with Crippen LogP contribution in [0, 0.1) is 0 Å². The Balaban J connectivity index is 1.98. The van der Waals surface area contributed by atoms with Crippen molar-refractivity contribution < 1.29 is 28.5 Å². The van der Waals surface area contributed by atoms with Crippen molar-refractivity contribution in [1.29, 1.82) is 0 Å². The van der Waals surface area contributed by atoms with Gasteiger partial charge in [0.05, 0.1) is 39.7 Å². The molecule has 0 N–H and O–H groups in total. The first-order chi connectivity index (χ1) is 18.6. The van der Waals surface area contributed by atoms with Gasteiger partial charge in [0.2, 0.25) is 0 Å². The van der Waals surface area contributed by atoms with Gasteiger partial charge in [0, 0.05) is 30.3 Å². The fraction of sp³-hybridized carbons (Fsp3) is 0.433. The van der Waals surface area contributed by atoms with Crippen molar-refractivity contribution in [3.8, 4) is 22.1 Å². The number of methoxy groups -OCH3 is 2. The molecule has 0 spiro atoms. The topological polar surface area (TPSA) is 87.2 Å². The third kappa shape index (κ3) is 8.03. The molecule has 0 saturated carbocycles. The molecule has 0 saturated heterocycles. The van der Waals surface area contributed by atoms with Gasteiger partial charge in [-0.25, -0.2) is 9.78 Å². The summed E-state index contributed by atoms with van der Waals surface area (Å²) in [4.78, 5) is 32.6. The molecule has 0 unspecified atom stereocenters. The number of rotatable bonds is 12. The minimum absolute atomic E-state index is 0.0123. The van der Waals surface area contributed by atoms with E-state index < -0.39 is 5.97 Å². The molecule has 3 aromatic rings. The van der Waals surface area contributed by atoms with Gasteiger partial charge in [-0.3, -0.25) is 9.69 Å². The van der Waals surface area contributed by atoms with E-state index in [1.807, 2.05) is 29.2 Å². The number of benzene rings is 2. The van der Waals surface area contributed by atoms with E-state index in [1.54, 1.807) is 34.1 Å². The highest BCUT2D eigenvalue weighted by Crippen LogP contribution is 2.32. The van der Waals surface area contributed by atoms with Gasteiger partial charge in [-0.2, -0.15) is 0 Å². The lowest BCUT2D eigenvalue weighted by Crippen LogP contribution is -2.31. The van der Waals surface area contributed by atoms with Crippen molar-refractivity contribution in [3.63, 3.8) is 0 Å². The number of aromatic nitrogens is 1. The predicted molar refractivity (Wildman–Crippen MR) is 152 cm³/mol. The Morgan fingerprint density at radius 2 is 1.62 bits per heavy atom. The Hall–Kier alpha value is -3.43. The number of nitrogens with zero attached hydrogens (tertiary/aromatic N) is 2. The number of carbonyl (C=O) groups is 2. The Kier molecular flexibility index (Phi) is 10.5. The maximum absolute atomic E-state index is 12.9. The van der Waals surface area contributed by atoms with Gasteiger partial charge in [-0.05, 0) is 30.9 Å². The Labute approximate surface area is 234 Å². The average Bonchev–Trinajstić information content (AvgIpc) is 3.32. The zero-order valence-corrected chi connectivity index (χ0v) is 24.6. The van der Waals surface area contributed by atoms with E-state index in [0.29, 0.717) is 33.6 Å². The standard InChI is InChI=1S/C30H38N2O6S/c1-8-37-26(33)19-32(17-21-12-15-23(35-6)16-25(21)36-7)18-24-27(29(34)38-9-2)39-28(31-24)20-10-13-22(14-11-20)30(3,4)5/h10-16H,8-9,17-19H2,1-7H3. The molecule has 0 aliphatic rings. The van der Waals surface area contributed by atoms with Gasteiger partial charge >= 0.3 is 11.9 Å². The van der Waals surface area contributed by atoms with E-state index in [4.69, 9.17) is 23.9 Å². The second-order valence-electron chi connectivity index (χ2n) is 9.97. The van der Waals surface area contributed by atoms with Crippen molar-refractivity contribution in [1.82, 2.24) is 9.88 Å². The van der Waals surface area contributed by atoms with Crippen LogP contribution in [0.4, 0.5) is 0 Å². The molecule has 3 rings (SSSR count). The summed E-state index contributed by atoms with van der Waals surface area (Å²) in [5, 5.41) is 0.714. The first-order valence-electron chi connectivity index (χ1n) is 13.0. The van der Waals surface area contributed by atoms with Crippen LogP contribution in [-0.2, 0) is 32.8 Å². The summed E-state index contributed by atoms with van der Waals surface area (Å²) in [7, 11) is 3.18. The van der Waals surface area contributed by atoms with E-state index in [-0.39, 0.29) is 37.7 Å². The molecule has 0 bridgehead atoms. The van der Waals surface area contributed by atoms with Gasteiger partial charge in [0.15, 0.2) is 0 Å². The van der Waals surface area contributed by atoms with Crippen molar-refractivity contribution in [2.24, 2.45) is 0 Å². The Bertz CT molecular complexity index is 1260. The number of hydrogen-bond donors (Lipinski definition) is 0. The molecule has 9 heteroatoms. The number of thiazole rings is 1. The van der Waals surface area contributed by atoms with Crippen molar-refractivity contribution >= 4 is 23.3 Å². The largest absolute Gasteiger partial charge is 0.497 e. The SMILES string of the molecule is CCOC(=O)CN(Cc1ccc(OC)cc1OC)Cc1nc(-c2ccc(C(C)(C)C)cc2)sc1C(=O)OCC. The number of ether oxygens (including phenoxy) is 4. The molecule has 0 aliphatic carbocycles. The predicted octanol–water partition coefficient (Wildman–Crippen LogP) is 5.87. The highest BCUT2D eigenvalue weighted by Gasteiger charge is 2.24. The maximum atomic E-state index is 12.9. The highest BCUT2D eigenvalue weighted by molar-refractivity contribution is 7.17. The summed E-state index contributed by atoms with van der Waals surface area (Å²) in [5.41, 5.74) is 3.55. The van der Waals surface area contributed by atoms with Crippen LogP contribution in [0.1, 0.15) is 61.1 Å². The van der Waals surface area contributed by atoms with Crippen LogP contribution in [0.3, 0.4) is 0 Å². The molecule has 0 radical (unpaired) electrons. The molecule has 0 fully saturated rings. The summed E-state index contributed by atoms with van der Waals surface area (Å²) >= 11 is 1.29. The molecular formula is C30H38N2O6S. The summed E-state index contributed by atoms with van der Waals surface area (Å²) in [5.74, 6) is 0.502. The molecule has 0 atom stereocenters. The summed E-state index contributed by atoms with van der Waals surface area (Å²) in [6, 6.07) is 13.8. The quantitative estimate of drug-likeness (QED) is 0.257. The number of hydrogen-bond acceptors (Lipinski definition) is 9. The molecule has 1 heterocycles. The van der Waals surface area contributed by atoms with Crippen LogP contribution >= 0.6 is 11.3 Å². The van der Waals surface area contributed by atoms with Gasteiger partial charge in [0.25, 0.3) is 0 Å². The van der Waals surface area contributed by atoms with Crippen LogP contribution in [0.15, 0.2) is 42.5 Å². The molecule has 2 aromatic carbocycles. The molecule has 0 aliphatic heterocycles. The Morgan fingerprint density at radius 3 is 2.21 bits per heavy atom. The van der Waals surface area contributed by atoms with E-state index >= 15 is 0 Å². The van der Waals surface area contributed by atoms with Crippen molar-refractivity contribution in [2.75, 3.05) is 34.0 Å². The van der Waals surface area contributed by atoms with Gasteiger partial charge < -0.3 is 18.9 Å². The third-order valence-electron chi connectivity index (χ3n) is 6.08. The average molecular weight is 555 g/mol. The molecular weight excluding hydrogens is 516 g/mol. The highest BCUT2D eigenvalue weighted by atomic mass is 32.1. The van der Waals surface area contributed by atoms with Crippen LogP contribution in [0.2, 0.25) is 0 Å². The monoisotopic (exact) mass is 554 g/mol. The minimum atomic E-state index is -0.430. The van der Waals surface area contributed by atoms with Crippen molar-refractivity contribution in [3.05, 3.63) is 64.2 Å². The maximum Gasteiger partial charge on any atom is 0.350 e. The second kappa shape index (κ2) is 13.6. The van der Waals surface area contributed by atoms with E-state index in [2.05, 4.69) is 32.9 Å². The fourth-order valence-electron chi connectivity index (χ4n) is 4.04. The zero-order chi connectivity index (χ0) is 28.6. The Morgan fingerprint density at radius 1 is 0.923 bits per heavy atom. The van der Waals surface area contributed by atoms with Gasteiger partial charge in [-0.15, -0.1) is 11.3 Å². The van der Waals surface area contributed by atoms with Crippen molar-refractivity contribution in [2.45, 2.75) is 53.1 Å². The molecule has 210 valence electrons.